The molecule has 0 spiro atoms. The van der Waals surface area contributed by atoms with Gasteiger partial charge in [0.2, 0.25) is 5.91 Å². The number of benzene rings is 1. The van der Waals surface area contributed by atoms with E-state index in [1.165, 1.54) is 30.4 Å². The van der Waals surface area contributed by atoms with E-state index in [2.05, 4.69) is 50.4 Å². The van der Waals surface area contributed by atoms with Crippen LogP contribution < -0.4 is 11.1 Å². The summed E-state index contributed by atoms with van der Waals surface area (Å²) in [6.45, 7) is 7.18. The summed E-state index contributed by atoms with van der Waals surface area (Å²) in [5.41, 5.74) is 8.84. The summed E-state index contributed by atoms with van der Waals surface area (Å²) in [6.07, 6.45) is 5.66. The van der Waals surface area contributed by atoms with E-state index in [4.69, 9.17) is 5.73 Å². The normalized spacial score (nSPS) is 30.0. The minimum atomic E-state index is -0.0513. The molecule has 3 rings (SSSR count). The Bertz CT molecular complexity index is 564. The van der Waals surface area contributed by atoms with Crippen LogP contribution >= 0.6 is 0 Å². The number of nitrogens with one attached hydrogen (secondary N) is 1. The minimum Gasteiger partial charge on any atom is -0.355 e. The van der Waals surface area contributed by atoms with Crippen LogP contribution in [0.15, 0.2) is 24.3 Å². The quantitative estimate of drug-likeness (QED) is 0.888. The fraction of sp³-hybridized carbons (Fsp3) is 0.667. The van der Waals surface area contributed by atoms with Crippen LogP contribution in [0.3, 0.4) is 0 Å². The Kier molecular flexibility index (Phi) is 5.00. The van der Waals surface area contributed by atoms with Crippen LogP contribution in [0.25, 0.3) is 0 Å². The average molecular weight is 329 g/mol. The molecule has 132 valence electrons. The maximum Gasteiger partial charge on any atom is 0.223 e. The van der Waals surface area contributed by atoms with Crippen LogP contribution in [0.2, 0.25) is 0 Å². The van der Waals surface area contributed by atoms with Crippen LogP contribution in [0.5, 0.6) is 0 Å². The Morgan fingerprint density at radius 1 is 1.17 bits per heavy atom. The number of amides is 1. The lowest BCUT2D eigenvalue weighted by Crippen LogP contribution is -2.50. The molecule has 0 saturated heterocycles. The summed E-state index contributed by atoms with van der Waals surface area (Å²) in [6, 6.07) is 8.95. The number of aryl methyl sites for hydroxylation is 1. The van der Waals surface area contributed by atoms with E-state index < -0.39 is 0 Å². The highest BCUT2D eigenvalue weighted by molar-refractivity contribution is 5.79. The van der Waals surface area contributed by atoms with Gasteiger partial charge in [0.25, 0.3) is 0 Å². The smallest absolute Gasteiger partial charge is 0.223 e. The minimum absolute atomic E-state index is 0.0513. The first-order chi connectivity index (χ1) is 11.4. The van der Waals surface area contributed by atoms with Gasteiger partial charge in [-0.25, -0.2) is 0 Å². The van der Waals surface area contributed by atoms with E-state index >= 15 is 0 Å². The first-order valence-corrected chi connectivity index (χ1v) is 9.47. The predicted octanol–water partition coefficient (Wildman–Crippen LogP) is 3.54. The first-order valence-electron chi connectivity index (χ1n) is 9.47. The third-order valence-electron chi connectivity index (χ3n) is 6.32. The van der Waals surface area contributed by atoms with E-state index in [-0.39, 0.29) is 17.2 Å². The van der Waals surface area contributed by atoms with E-state index in [1.54, 1.807) is 0 Å². The van der Waals surface area contributed by atoms with Crippen LogP contribution in [-0.2, 0) is 10.2 Å². The Labute approximate surface area is 146 Å². The van der Waals surface area contributed by atoms with Crippen molar-refractivity contribution in [3.8, 4) is 0 Å². The molecule has 2 saturated carbocycles. The molecule has 1 aromatic rings. The second kappa shape index (κ2) is 6.87. The zero-order chi connectivity index (χ0) is 17.3. The van der Waals surface area contributed by atoms with Gasteiger partial charge in [0, 0.05) is 23.9 Å². The maximum absolute atomic E-state index is 12.7. The third kappa shape index (κ3) is 3.66. The molecular formula is C21H32N2O. The lowest BCUT2D eigenvalue weighted by molar-refractivity contribution is -0.128. The van der Waals surface area contributed by atoms with Gasteiger partial charge in [-0.3, -0.25) is 4.79 Å². The third-order valence-corrected chi connectivity index (χ3v) is 6.32. The molecule has 24 heavy (non-hydrogen) atoms. The molecule has 3 N–H and O–H groups in total. The summed E-state index contributed by atoms with van der Waals surface area (Å²) in [4.78, 5) is 12.7. The number of hydrogen-bond donors (Lipinski definition) is 2. The largest absolute Gasteiger partial charge is 0.355 e. The van der Waals surface area contributed by atoms with Crippen molar-refractivity contribution >= 4 is 5.91 Å². The summed E-state index contributed by atoms with van der Waals surface area (Å²) < 4.78 is 0. The standard InChI is InChI=1S/C21H32N2O/c1-14-7-9-18(10-8-14)21(2,3)13-23-20(24)17-11-15-5-4-6-16(12-17)19(15)22/h7-10,15-17,19H,4-6,11-13,22H2,1-3H3,(H,23,24). The Morgan fingerprint density at radius 2 is 1.75 bits per heavy atom. The van der Waals surface area contributed by atoms with Crippen LogP contribution in [0, 0.1) is 24.7 Å². The van der Waals surface area contributed by atoms with Crippen LogP contribution in [-0.4, -0.2) is 18.5 Å². The molecule has 0 aromatic heterocycles. The predicted molar refractivity (Wildman–Crippen MR) is 98.7 cm³/mol. The maximum atomic E-state index is 12.7. The molecule has 0 heterocycles. The van der Waals surface area contributed by atoms with Gasteiger partial charge >= 0.3 is 0 Å². The zero-order valence-electron chi connectivity index (χ0n) is 15.3. The molecule has 2 bridgehead atoms. The van der Waals surface area contributed by atoms with Gasteiger partial charge in [-0.05, 0) is 50.0 Å². The Balaban J connectivity index is 1.58. The van der Waals surface area contributed by atoms with Crippen molar-refractivity contribution < 1.29 is 4.79 Å². The number of hydrogen-bond acceptors (Lipinski definition) is 2. The molecule has 3 heteroatoms. The summed E-state index contributed by atoms with van der Waals surface area (Å²) >= 11 is 0. The molecule has 2 unspecified atom stereocenters. The number of fused-ring (bicyclic) bond motifs is 2. The van der Waals surface area contributed by atoms with Crippen molar-refractivity contribution in [2.45, 2.75) is 64.3 Å². The summed E-state index contributed by atoms with van der Waals surface area (Å²) in [7, 11) is 0. The molecule has 1 amide bonds. The number of carbonyl (C=O) groups excluding carboxylic acids is 1. The molecule has 1 aromatic carbocycles. The van der Waals surface area contributed by atoms with Gasteiger partial charge in [-0.15, -0.1) is 0 Å². The van der Waals surface area contributed by atoms with Crippen molar-refractivity contribution in [1.29, 1.82) is 0 Å². The molecule has 2 aliphatic rings. The highest BCUT2D eigenvalue weighted by atomic mass is 16.1. The Morgan fingerprint density at radius 3 is 2.33 bits per heavy atom. The second-order valence-electron chi connectivity index (χ2n) is 8.66. The topological polar surface area (TPSA) is 55.1 Å². The van der Waals surface area contributed by atoms with Gasteiger partial charge in [-0.1, -0.05) is 50.1 Å². The fourth-order valence-corrected chi connectivity index (χ4v) is 4.56. The van der Waals surface area contributed by atoms with Gasteiger partial charge in [0.05, 0.1) is 0 Å². The van der Waals surface area contributed by atoms with Gasteiger partial charge in [0.1, 0.15) is 0 Å². The van der Waals surface area contributed by atoms with Crippen molar-refractivity contribution in [2.75, 3.05) is 6.54 Å². The monoisotopic (exact) mass is 328 g/mol. The van der Waals surface area contributed by atoms with Crippen molar-refractivity contribution in [1.82, 2.24) is 5.32 Å². The first kappa shape index (κ1) is 17.5. The molecule has 0 aliphatic heterocycles. The highest BCUT2D eigenvalue weighted by Crippen LogP contribution is 2.41. The second-order valence-corrected chi connectivity index (χ2v) is 8.66. The number of nitrogens with two attached hydrogens (primary N) is 1. The van der Waals surface area contributed by atoms with Crippen LogP contribution in [0.1, 0.15) is 57.1 Å². The van der Waals surface area contributed by atoms with Gasteiger partial charge in [0.15, 0.2) is 0 Å². The number of rotatable bonds is 4. The molecule has 2 fully saturated rings. The van der Waals surface area contributed by atoms with Crippen molar-refractivity contribution in [3.05, 3.63) is 35.4 Å². The SMILES string of the molecule is Cc1ccc(C(C)(C)CNC(=O)C2CC3CCCC(C2)C3N)cc1. The van der Waals surface area contributed by atoms with Crippen LogP contribution in [0.4, 0.5) is 0 Å². The van der Waals surface area contributed by atoms with E-state index in [1.807, 2.05) is 0 Å². The molecule has 3 nitrogen and oxygen atoms in total. The number of carbonyl (C=O) groups is 1. The zero-order valence-corrected chi connectivity index (χ0v) is 15.3. The Hall–Kier alpha value is -1.35. The lowest BCUT2D eigenvalue weighted by atomic mass is 9.65. The molecular weight excluding hydrogens is 296 g/mol. The summed E-state index contributed by atoms with van der Waals surface area (Å²) in [5, 5.41) is 3.23. The molecule has 2 aliphatic carbocycles. The summed E-state index contributed by atoms with van der Waals surface area (Å²) in [5.74, 6) is 1.50. The lowest BCUT2D eigenvalue weighted by Gasteiger charge is -2.43. The van der Waals surface area contributed by atoms with Gasteiger partial charge in [-0.2, -0.15) is 0 Å². The van der Waals surface area contributed by atoms with E-state index in [9.17, 15) is 4.79 Å². The van der Waals surface area contributed by atoms with E-state index in [0.29, 0.717) is 24.4 Å². The average Bonchev–Trinajstić information content (AvgIpc) is 2.53. The van der Waals surface area contributed by atoms with Crippen molar-refractivity contribution in [2.24, 2.45) is 23.5 Å². The highest BCUT2D eigenvalue weighted by Gasteiger charge is 2.40. The van der Waals surface area contributed by atoms with Gasteiger partial charge < -0.3 is 11.1 Å². The van der Waals surface area contributed by atoms with E-state index in [0.717, 1.165) is 12.8 Å². The molecule has 2 atom stereocenters. The van der Waals surface area contributed by atoms with Crippen molar-refractivity contribution in [3.63, 3.8) is 0 Å². The molecule has 0 radical (unpaired) electrons. The fourth-order valence-electron chi connectivity index (χ4n) is 4.56.